The van der Waals surface area contributed by atoms with Gasteiger partial charge >= 0.3 is 0 Å². The van der Waals surface area contributed by atoms with Crippen LogP contribution < -0.4 is 5.32 Å². The number of piperidine rings is 1. The van der Waals surface area contributed by atoms with Crippen molar-refractivity contribution in [2.45, 2.75) is 56.3 Å². The summed E-state index contributed by atoms with van der Waals surface area (Å²) in [6.45, 7) is 4.84. The van der Waals surface area contributed by atoms with E-state index < -0.39 is 21.5 Å². The first-order valence-corrected chi connectivity index (χ1v) is 12.7. The second-order valence-corrected chi connectivity index (χ2v) is 10.9. The topological polar surface area (TPSA) is 69.7 Å². The van der Waals surface area contributed by atoms with Crippen molar-refractivity contribution in [1.29, 1.82) is 0 Å². The summed E-state index contributed by atoms with van der Waals surface area (Å²) < 4.78 is 54.1. The zero-order valence-electron chi connectivity index (χ0n) is 18.8. The minimum Gasteiger partial charge on any atom is -0.319 e. The SMILES string of the molecule is CC[C@H](C)[C@@H]1NC2(CCN(S(=O)(=O)c3ccc(F)cc3)CC2)N(Cc2ccc(F)cc2)C1=O. The van der Waals surface area contributed by atoms with E-state index in [-0.39, 0.29) is 41.7 Å². The number of amides is 1. The monoisotopic (exact) mass is 477 g/mol. The van der Waals surface area contributed by atoms with Gasteiger partial charge in [0, 0.05) is 19.6 Å². The van der Waals surface area contributed by atoms with E-state index in [1.54, 1.807) is 17.0 Å². The van der Waals surface area contributed by atoms with Gasteiger partial charge in [-0.25, -0.2) is 17.2 Å². The first-order valence-electron chi connectivity index (χ1n) is 11.3. The van der Waals surface area contributed by atoms with E-state index in [4.69, 9.17) is 0 Å². The molecule has 2 fully saturated rings. The highest BCUT2D eigenvalue weighted by molar-refractivity contribution is 7.89. The van der Waals surface area contributed by atoms with Crippen LogP contribution in [0.4, 0.5) is 8.78 Å². The van der Waals surface area contributed by atoms with Gasteiger partial charge in [0.2, 0.25) is 15.9 Å². The second-order valence-electron chi connectivity index (χ2n) is 8.95. The van der Waals surface area contributed by atoms with Crippen molar-refractivity contribution >= 4 is 15.9 Å². The van der Waals surface area contributed by atoms with Crippen molar-refractivity contribution in [1.82, 2.24) is 14.5 Å². The maximum absolute atomic E-state index is 13.4. The molecule has 2 aromatic rings. The molecule has 1 spiro atoms. The largest absolute Gasteiger partial charge is 0.319 e. The molecule has 0 unspecified atom stereocenters. The van der Waals surface area contributed by atoms with E-state index in [9.17, 15) is 22.0 Å². The lowest BCUT2D eigenvalue weighted by Crippen LogP contribution is -2.59. The smallest absolute Gasteiger partial charge is 0.243 e. The Kier molecular flexibility index (Phi) is 6.57. The standard InChI is InChI=1S/C24H29F2N3O3S/c1-3-17(2)22-23(30)29(16-18-4-6-19(25)7-5-18)24(27-22)12-14-28(15-13-24)33(31,32)21-10-8-20(26)9-11-21/h4-11,17,22,27H,3,12-16H2,1-2H3/t17-,22-/m0/s1. The van der Waals surface area contributed by atoms with Gasteiger partial charge in [0.05, 0.1) is 16.6 Å². The lowest BCUT2D eigenvalue weighted by Gasteiger charge is -2.44. The number of hydrogen-bond acceptors (Lipinski definition) is 4. The number of carbonyl (C=O) groups excluding carboxylic acids is 1. The third-order valence-electron chi connectivity index (χ3n) is 6.94. The third-order valence-corrected chi connectivity index (χ3v) is 8.85. The van der Waals surface area contributed by atoms with E-state index in [2.05, 4.69) is 5.32 Å². The van der Waals surface area contributed by atoms with Crippen LogP contribution in [0.1, 0.15) is 38.7 Å². The van der Waals surface area contributed by atoms with Crippen LogP contribution in [0.2, 0.25) is 0 Å². The van der Waals surface area contributed by atoms with Crippen LogP contribution in [0.5, 0.6) is 0 Å². The third kappa shape index (κ3) is 4.54. The summed E-state index contributed by atoms with van der Waals surface area (Å²) in [6.07, 6.45) is 1.68. The first kappa shape index (κ1) is 23.8. The number of benzene rings is 2. The molecule has 0 radical (unpaired) electrons. The van der Waals surface area contributed by atoms with Gasteiger partial charge in [-0.15, -0.1) is 0 Å². The fourth-order valence-electron chi connectivity index (χ4n) is 4.70. The van der Waals surface area contributed by atoms with Crippen LogP contribution in [0, 0.1) is 17.6 Å². The Morgan fingerprint density at radius 2 is 1.58 bits per heavy atom. The van der Waals surface area contributed by atoms with Crippen molar-refractivity contribution in [2.24, 2.45) is 5.92 Å². The van der Waals surface area contributed by atoms with Gasteiger partial charge in [0.1, 0.15) is 11.6 Å². The van der Waals surface area contributed by atoms with E-state index in [1.165, 1.54) is 28.6 Å². The molecule has 33 heavy (non-hydrogen) atoms. The van der Waals surface area contributed by atoms with Crippen molar-refractivity contribution in [3.05, 3.63) is 65.7 Å². The normalized spacial score (nSPS) is 22.1. The molecule has 2 aliphatic heterocycles. The number of halogens is 2. The van der Waals surface area contributed by atoms with Crippen molar-refractivity contribution in [3.63, 3.8) is 0 Å². The summed E-state index contributed by atoms with van der Waals surface area (Å²) in [5, 5.41) is 3.54. The number of nitrogens with zero attached hydrogens (tertiary/aromatic N) is 2. The highest BCUT2D eigenvalue weighted by Crippen LogP contribution is 2.37. The molecular formula is C24H29F2N3O3S. The quantitative estimate of drug-likeness (QED) is 0.692. The van der Waals surface area contributed by atoms with Gasteiger partial charge in [-0.2, -0.15) is 4.31 Å². The molecule has 9 heteroatoms. The van der Waals surface area contributed by atoms with Crippen LogP contribution in [-0.2, 0) is 21.4 Å². The molecule has 0 saturated carbocycles. The van der Waals surface area contributed by atoms with Crippen molar-refractivity contribution < 1.29 is 22.0 Å². The molecule has 2 atom stereocenters. The Morgan fingerprint density at radius 1 is 1.03 bits per heavy atom. The molecule has 0 bridgehead atoms. The summed E-state index contributed by atoms with van der Waals surface area (Å²) in [6, 6.07) is 10.5. The summed E-state index contributed by atoms with van der Waals surface area (Å²) in [4.78, 5) is 15.3. The summed E-state index contributed by atoms with van der Waals surface area (Å²) in [5.74, 6) is -0.721. The first-order chi connectivity index (χ1) is 15.7. The Bertz CT molecular complexity index is 1100. The van der Waals surface area contributed by atoms with Gasteiger partial charge in [-0.3, -0.25) is 10.1 Å². The average molecular weight is 478 g/mol. The number of hydrogen-bond donors (Lipinski definition) is 1. The highest BCUT2D eigenvalue weighted by atomic mass is 32.2. The molecule has 2 saturated heterocycles. The molecule has 2 aromatic carbocycles. The average Bonchev–Trinajstić information content (AvgIpc) is 3.06. The number of carbonyl (C=O) groups is 1. The maximum Gasteiger partial charge on any atom is 0.243 e. The molecule has 4 rings (SSSR count). The molecule has 6 nitrogen and oxygen atoms in total. The Labute approximate surface area is 193 Å². The fraction of sp³-hybridized carbons (Fsp3) is 0.458. The van der Waals surface area contributed by atoms with Crippen molar-refractivity contribution in [3.8, 4) is 0 Å². The molecule has 0 aliphatic carbocycles. The van der Waals surface area contributed by atoms with Crippen LogP contribution in [-0.4, -0.2) is 48.3 Å². The van der Waals surface area contributed by atoms with E-state index >= 15 is 0 Å². The number of nitrogens with one attached hydrogen (secondary N) is 1. The highest BCUT2D eigenvalue weighted by Gasteiger charge is 2.53. The Hall–Kier alpha value is -2.36. The summed E-state index contributed by atoms with van der Waals surface area (Å²) in [7, 11) is -3.76. The van der Waals surface area contributed by atoms with Crippen molar-refractivity contribution in [2.75, 3.05) is 13.1 Å². The van der Waals surface area contributed by atoms with Crippen LogP contribution >= 0.6 is 0 Å². The lowest BCUT2D eigenvalue weighted by molar-refractivity contribution is -0.134. The van der Waals surface area contributed by atoms with E-state index in [1.807, 2.05) is 13.8 Å². The fourth-order valence-corrected chi connectivity index (χ4v) is 6.14. The Balaban J connectivity index is 1.57. The summed E-state index contributed by atoms with van der Waals surface area (Å²) >= 11 is 0. The predicted octanol–water partition coefficient (Wildman–Crippen LogP) is 3.49. The number of rotatable bonds is 6. The van der Waals surface area contributed by atoms with Gasteiger partial charge in [0.15, 0.2) is 0 Å². The maximum atomic E-state index is 13.4. The van der Waals surface area contributed by atoms with Crippen LogP contribution in [0.25, 0.3) is 0 Å². The molecule has 2 heterocycles. The van der Waals surface area contributed by atoms with Gasteiger partial charge in [0.25, 0.3) is 0 Å². The molecule has 0 aromatic heterocycles. The van der Waals surface area contributed by atoms with Gasteiger partial charge in [-0.05, 0) is 60.7 Å². The van der Waals surface area contributed by atoms with E-state index in [0.29, 0.717) is 19.4 Å². The second kappa shape index (κ2) is 9.12. The molecular weight excluding hydrogens is 448 g/mol. The molecule has 178 valence electrons. The minimum atomic E-state index is -3.76. The summed E-state index contributed by atoms with van der Waals surface area (Å²) in [5.41, 5.74) is 0.145. The minimum absolute atomic E-state index is 0.0106. The molecule has 1 N–H and O–H groups in total. The zero-order valence-corrected chi connectivity index (χ0v) is 19.6. The Morgan fingerprint density at radius 3 is 2.12 bits per heavy atom. The van der Waals surface area contributed by atoms with Crippen LogP contribution in [0.3, 0.4) is 0 Å². The zero-order chi connectivity index (χ0) is 23.8. The lowest BCUT2D eigenvalue weighted by atomic mass is 9.96. The number of sulfonamides is 1. The van der Waals surface area contributed by atoms with Gasteiger partial charge < -0.3 is 4.90 Å². The predicted molar refractivity (Wildman–Crippen MR) is 120 cm³/mol. The van der Waals surface area contributed by atoms with E-state index in [0.717, 1.165) is 24.1 Å². The molecule has 1 amide bonds. The van der Waals surface area contributed by atoms with Crippen LogP contribution in [0.15, 0.2) is 53.4 Å². The molecule has 2 aliphatic rings. The van der Waals surface area contributed by atoms with Gasteiger partial charge in [-0.1, -0.05) is 32.4 Å².